The lowest BCUT2D eigenvalue weighted by Gasteiger charge is -2.54. The van der Waals surface area contributed by atoms with Crippen LogP contribution in [0, 0.1) is 17.8 Å². The molecular weight excluding hydrogens is 316 g/mol. The van der Waals surface area contributed by atoms with Crippen molar-refractivity contribution >= 4 is 18.5 Å². The Balaban J connectivity index is 1.93. The van der Waals surface area contributed by atoms with Crippen LogP contribution in [0.5, 0.6) is 0 Å². The molecule has 3 aliphatic carbocycles. The largest absolute Gasteiger partial charge is 0.166 e. The molecule has 0 spiro atoms. The van der Waals surface area contributed by atoms with Gasteiger partial charge < -0.3 is 0 Å². The summed E-state index contributed by atoms with van der Waals surface area (Å²) >= 11 is 8.00. The van der Waals surface area contributed by atoms with E-state index >= 15 is 0 Å². The Kier molecular flexibility index (Phi) is 6.22. The Bertz CT molecular complexity index is 327. The van der Waals surface area contributed by atoms with E-state index in [0.717, 1.165) is 34.4 Å². The van der Waals surface area contributed by atoms with Gasteiger partial charge in [0.25, 0.3) is 0 Å². The fraction of sp³-hybridized carbons (Fsp3) is 1.00. The van der Waals surface area contributed by atoms with Gasteiger partial charge >= 0.3 is 0 Å². The normalized spacial score (nSPS) is 45.4. The first-order valence-electron chi connectivity index (χ1n) is 10.7. The van der Waals surface area contributed by atoms with Crippen molar-refractivity contribution in [3.05, 3.63) is 0 Å². The van der Waals surface area contributed by atoms with Gasteiger partial charge in [0, 0.05) is 0 Å². The zero-order valence-corrected chi connectivity index (χ0v) is 17.6. The highest BCUT2D eigenvalue weighted by Crippen LogP contribution is 2.62. The van der Waals surface area contributed by atoms with Gasteiger partial charge in [0.05, 0.1) is 0 Å². The molecule has 0 radical (unpaired) electrons. The first kappa shape index (κ1) is 18.3. The Labute approximate surface area is 150 Å². The molecule has 0 saturated heterocycles. The second kappa shape index (κ2) is 7.81. The summed E-state index contributed by atoms with van der Waals surface area (Å²) in [5.74, 6) is 2.70. The Morgan fingerprint density at radius 1 is 0.522 bits per heavy atom. The van der Waals surface area contributed by atoms with Crippen molar-refractivity contribution in [1.82, 2.24) is 0 Å². The average molecular weight is 355 g/mol. The zero-order valence-electron chi connectivity index (χ0n) is 15.8. The number of hydrogen-bond acceptors (Lipinski definition) is 0. The molecule has 0 N–H and O–H groups in total. The number of hydrogen-bond donors (Lipinski definition) is 0. The van der Waals surface area contributed by atoms with E-state index in [9.17, 15) is 0 Å². The minimum Gasteiger partial charge on any atom is -0.166 e. The summed E-state index contributed by atoms with van der Waals surface area (Å²) in [4.78, 5) is 0. The molecule has 134 valence electrons. The van der Waals surface area contributed by atoms with Gasteiger partial charge in [-0.15, -0.1) is 0 Å². The maximum atomic E-state index is 8.00. The Morgan fingerprint density at radius 3 is 1.04 bits per heavy atom. The molecule has 3 rings (SSSR count). The molecule has 0 bridgehead atoms. The summed E-state index contributed by atoms with van der Waals surface area (Å²) in [7, 11) is -1.76. The highest BCUT2D eigenvalue weighted by atomic mass is 35.6. The molecule has 0 nitrogen and oxygen atoms in total. The molecule has 0 aromatic rings. The summed E-state index contributed by atoms with van der Waals surface area (Å²) < 4.78 is 0. The second-order valence-electron chi connectivity index (χ2n) is 9.43. The van der Waals surface area contributed by atoms with Crippen molar-refractivity contribution in [2.45, 2.75) is 114 Å². The first-order chi connectivity index (χ1) is 11.0. The zero-order chi connectivity index (χ0) is 16.4. The molecule has 0 amide bonds. The van der Waals surface area contributed by atoms with Crippen molar-refractivity contribution < 1.29 is 0 Å². The van der Waals surface area contributed by atoms with Crippen LogP contribution in [0.25, 0.3) is 0 Å². The maximum absolute atomic E-state index is 8.00. The van der Waals surface area contributed by atoms with Crippen LogP contribution in [-0.4, -0.2) is 7.38 Å². The van der Waals surface area contributed by atoms with Crippen LogP contribution in [0.3, 0.4) is 0 Å². The molecule has 23 heavy (non-hydrogen) atoms. The van der Waals surface area contributed by atoms with E-state index in [-0.39, 0.29) is 0 Å². The van der Waals surface area contributed by atoms with Crippen molar-refractivity contribution in [1.29, 1.82) is 0 Å². The van der Waals surface area contributed by atoms with E-state index in [0.29, 0.717) is 0 Å². The Morgan fingerprint density at radius 2 is 0.783 bits per heavy atom. The van der Waals surface area contributed by atoms with Gasteiger partial charge in [-0.2, -0.15) is 11.1 Å². The third-order valence-corrected chi connectivity index (χ3v) is 16.5. The minimum absolute atomic E-state index is 0.899. The smallest absolute Gasteiger partial charge is 0.166 e. The molecule has 6 atom stereocenters. The molecule has 0 heterocycles. The van der Waals surface area contributed by atoms with Gasteiger partial charge in [-0.1, -0.05) is 97.8 Å². The minimum atomic E-state index is -1.76. The molecule has 0 aromatic heterocycles. The second-order valence-corrected chi connectivity index (χ2v) is 15.3. The lowest BCUT2D eigenvalue weighted by molar-refractivity contribution is 0.311. The van der Waals surface area contributed by atoms with Crippen LogP contribution in [0.15, 0.2) is 0 Å². The molecule has 6 unspecified atom stereocenters. The fourth-order valence-corrected chi connectivity index (χ4v) is 16.4. The van der Waals surface area contributed by atoms with Gasteiger partial charge in [0.15, 0.2) is 7.38 Å². The number of halogens is 1. The molecule has 3 saturated carbocycles. The summed E-state index contributed by atoms with van der Waals surface area (Å²) in [5.41, 5.74) is 2.73. The third-order valence-electron chi connectivity index (χ3n) is 8.04. The highest BCUT2D eigenvalue weighted by molar-refractivity contribution is 7.22. The first-order valence-corrected chi connectivity index (χ1v) is 14.0. The van der Waals surface area contributed by atoms with E-state index in [1.54, 1.807) is 0 Å². The van der Waals surface area contributed by atoms with E-state index in [1.807, 2.05) is 0 Å². The van der Waals surface area contributed by atoms with Gasteiger partial charge in [-0.05, 0) is 34.4 Å². The quantitative estimate of drug-likeness (QED) is 0.356. The number of rotatable bonds is 3. The van der Waals surface area contributed by atoms with Crippen molar-refractivity contribution in [3.8, 4) is 0 Å². The standard InChI is InChI=1S/C21H39ClSi/c1-16-10-4-7-13-19(16)23(22,20-14-8-5-11-17(20)2)21-15-9-6-12-18(21)3/h16-21H,4-15H2,1-3H3. The molecule has 2 heteroatoms. The molecule has 0 aliphatic heterocycles. The van der Waals surface area contributed by atoms with E-state index in [4.69, 9.17) is 11.1 Å². The van der Waals surface area contributed by atoms with Crippen molar-refractivity contribution in [2.24, 2.45) is 17.8 Å². The van der Waals surface area contributed by atoms with Gasteiger partial charge in [-0.3, -0.25) is 0 Å². The summed E-state index contributed by atoms with van der Waals surface area (Å²) in [6.45, 7) is 7.65. The lowest BCUT2D eigenvalue weighted by Crippen LogP contribution is -2.51. The lowest BCUT2D eigenvalue weighted by atomic mass is 9.88. The summed E-state index contributed by atoms with van der Waals surface area (Å²) in [6, 6.07) is 0. The van der Waals surface area contributed by atoms with E-state index < -0.39 is 7.38 Å². The summed E-state index contributed by atoms with van der Waals surface area (Å²) in [5, 5.41) is 0. The maximum Gasteiger partial charge on any atom is 0.166 e. The predicted molar refractivity (Wildman–Crippen MR) is 106 cm³/mol. The van der Waals surface area contributed by atoms with Crippen molar-refractivity contribution in [2.75, 3.05) is 0 Å². The average Bonchev–Trinajstić information content (AvgIpc) is 2.55. The topological polar surface area (TPSA) is 0 Å². The fourth-order valence-electron chi connectivity index (χ4n) is 6.75. The highest BCUT2D eigenvalue weighted by Gasteiger charge is 2.56. The van der Waals surface area contributed by atoms with Crippen LogP contribution < -0.4 is 0 Å². The van der Waals surface area contributed by atoms with Gasteiger partial charge in [0.2, 0.25) is 0 Å². The van der Waals surface area contributed by atoms with E-state index in [2.05, 4.69) is 20.8 Å². The monoisotopic (exact) mass is 354 g/mol. The molecule has 3 fully saturated rings. The summed E-state index contributed by atoms with van der Waals surface area (Å²) in [6.07, 6.45) is 17.5. The Hall–Kier alpha value is 0.507. The van der Waals surface area contributed by atoms with E-state index in [1.165, 1.54) is 77.0 Å². The van der Waals surface area contributed by atoms with Gasteiger partial charge in [0.1, 0.15) is 0 Å². The predicted octanol–water partition coefficient (Wildman–Crippen LogP) is 7.91. The van der Waals surface area contributed by atoms with Crippen LogP contribution >= 0.6 is 11.1 Å². The molecule has 3 aliphatic rings. The SMILES string of the molecule is CC1CCCCC1[Si](Cl)(C1CCCCC1C)C1CCCCC1C. The molecule has 0 aromatic carbocycles. The van der Waals surface area contributed by atoms with Crippen LogP contribution in [-0.2, 0) is 0 Å². The van der Waals surface area contributed by atoms with Crippen LogP contribution in [0.4, 0.5) is 0 Å². The van der Waals surface area contributed by atoms with Gasteiger partial charge in [-0.25, -0.2) is 0 Å². The van der Waals surface area contributed by atoms with Crippen LogP contribution in [0.1, 0.15) is 97.8 Å². The van der Waals surface area contributed by atoms with Crippen molar-refractivity contribution in [3.63, 3.8) is 0 Å². The van der Waals surface area contributed by atoms with Crippen LogP contribution in [0.2, 0.25) is 16.6 Å². The molecular formula is C21H39ClSi. The third kappa shape index (κ3) is 3.57.